The van der Waals surface area contributed by atoms with Gasteiger partial charge in [-0.15, -0.1) is 0 Å². The summed E-state index contributed by atoms with van der Waals surface area (Å²) in [6.45, 7) is 5.61. The van der Waals surface area contributed by atoms with Crippen molar-refractivity contribution in [3.05, 3.63) is 0 Å². The van der Waals surface area contributed by atoms with Crippen molar-refractivity contribution in [2.45, 2.75) is 90.0 Å². The van der Waals surface area contributed by atoms with E-state index in [4.69, 9.17) is 10.8 Å². The lowest BCUT2D eigenvalue weighted by atomic mass is 10.0. The van der Waals surface area contributed by atoms with Crippen LogP contribution in [0.15, 0.2) is 0 Å². The van der Waals surface area contributed by atoms with Crippen molar-refractivity contribution < 1.29 is 48.6 Å². The second kappa shape index (κ2) is 16.2. The maximum Gasteiger partial charge on any atom is 0.326 e. The number of nitrogens with one attached hydrogen (secondary N) is 4. The molecule has 0 aromatic carbocycles. The molecule has 1 unspecified atom stereocenters. The van der Waals surface area contributed by atoms with Crippen LogP contribution in [0.4, 0.5) is 0 Å². The van der Waals surface area contributed by atoms with E-state index >= 15 is 0 Å². The zero-order valence-corrected chi connectivity index (χ0v) is 23.6. The number of rotatable bonds is 16. The third-order valence-corrected chi connectivity index (χ3v) is 6.24. The topological polar surface area (TPSA) is 254 Å². The van der Waals surface area contributed by atoms with Gasteiger partial charge in [0, 0.05) is 13.0 Å². The Hall–Kier alpha value is -4.08. The predicted molar refractivity (Wildman–Crippen MR) is 142 cm³/mol. The molecule has 1 aliphatic heterocycles. The largest absolute Gasteiger partial charge is 0.481 e. The SMILES string of the molecule is CC(C)C[C@H](NC(=O)C1CCCN1C(=O)[C@H](CCC(=O)O)NC(=O)CNC(=O)C(=O)[C@@H](C)NC(=O)[C@@H](C)N)C(=O)O. The standard InChI is InChI=1S/C25H40N6O10/c1-12(2)10-16(25(40)41)30-22(37)17-6-5-9-31(17)24(39)15(7-8-19(33)34)29-18(32)11-27-23(38)20(35)14(4)28-21(36)13(3)26/h12-17H,5-11,26H2,1-4H3,(H,27,38)(H,28,36)(H,29,32)(H,30,37)(H,33,34)(H,40,41)/t13-,14-,15+,16+,17?/m1/s1. The zero-order valence-electron chi connectivity index (χ0n) is 23.6. The van der Waals surface area contributed by atoms with E-state index in [9.17, 15) is 43.5 Å². The van der Waals surface area contributed by atoms with Crippen molar-refractivity contribution in [1.82, 2.24) is 26.2 Å². The third kappa shape index (κ3) is 11.5. The van der Waals surface area contributed by atoms with Crippen LogP contribution in [-0.4, -0.2) is 106 Å². The highest BCUT2D eigenvalue weighted by atomic mass is 16.4. The van der Waals surface area contributed by atoms with E-state index in [-0.39, 0.29) is 31.7 Å². The number of nitrogens with two attached hydrogens (primary N) is 1. The molecule has 0 bridgehead atoms. The van der Waals surface area contributed by atoms with Crippen molar-refractivity contribution >= 4 is 47.3 Å². The van der Waals surface area contributed by atoms with Gasteiger partial charge in [0.15, 0.2) is 0 Å². The molecule has 41 heavy (non-hydrogen) atoms. The first-order chi connectivity index (χ1) is 19.0. The number of carbonyl (C=O) groups is 8. The first-order valence-corrected chi connectivity index (χ1v) is 13.3. The van der Waals surface area contributed by atoms with Crippen molar-refractivity contribution in [3.63, 3.8) is 0 Å². The minimum absolute atomic E-state index is 0.0271. The highest BCUT2D eigenvalue weighted by Crippen LogP contribution is 2.20. The molecule has 1 heterocycles. The Morgan fingerprint density at radius 2 is 1.56 bits per heavy atom. The van der Waals surface area contributed by atoms with Gasteiger partial charge in [-0.1, -0.05) is 13.8 Å². The Morgan fingerprint density at radius 3 is 2.10 bits per heavy atom. The Labute approximate surface area is 237 Å². The molecule has 1 saturated heterocycles. The van der Waals surface area contributed by atoms with Gasteiger partial charge in [-0.05, 0) is 45.4 Å². The molecule has 8 N–H and O–H groups in total. The second-order valence-corrected chi connectivity index (χ2v) is 10.3. The Kier molecular flexibility index (Phi) is 13.8. The van der Waals surface area contributed by atoms with Gasteiger partial charge in [-0.25, -0.2) is 4.79 Å². The van der Waals surface area contributed by atoms with Crippen LogP contribution in [0.5, 0.6) is 0 Å². The maximum atomic E-state index is 13.3. The van der Waals surface area contributed by atoms with E-state index < -0.39 is 90.4 Å². The predicted octanol–water partition coefficient (Wildman–Crippen LogP) is -2.52. The van der Waals surface area contributed by atoms with Gasteiger partial charge < -0.3 is 42.1 Å². The summed E-state index contributed by atoms with van der Waals surface area (Å²) < 4.78 is 0. The summed E-state index contributed by atoms with van der Waals surface area (Å²) >= 11 is 0. The van der Waals surface area contributed by atoms with E-state index in [0.717, 1.165) is 0 Å². The third-order valence-electron chi connectivity index (χ3n) is 6.24. The smallest absolute Gasteiger partial charge is 0.326 e. The van der Waals surface area contributed by atoms with E-state index in [1.165, 1.54) is 18.7 Å². The summed E-state index contributed by atoms with van der Waals surface area (Å²) in [5.74, 6) is -7.72. The van der Waals surface area contributed by atoms with Gasteiger partial charge in [-0.2, -0.15) is 0 Å². The molecule has 5 amide bonds. The van der Waals surface area contributed by atoms with Crippen molar-refractivity contribution in [2.24, 2.45) is 11.7 Å². The van der Waals surface area contributed by atoms with Gasteiger partial charge in [0.05, 0.1) is 18.6 Å². The van der Waals surface area contributed by atoms with Gasteiger partial charge in [-0.3, -0.25) is 33.6 Å². The molecule has 1 fully saturated rings. The Morgan fingerprint density at radius 1 is 0.927 bits per heavy atom. The fraction of sp³-hybridized carbons (Fsp3) is 0.680. The molecule has 5 atom stereocenters. The number of hydrogen-bond donors (Lipinski definition) is 7. The molecule has 0 spiro atoms. The number of aliphatic carboxylic acids is 2. The molecule has 0 aromatic heterocycles. The summed E-state index contributed by atoms with van der Waals surface area (Å²) in [6, 6.07) is -5.70. The summed E-state index contributed by atoms with van der Waals surface area (Å²) in [4.78, 5) is 98.6. The Balaban J connectivity index is 2.89. The summed E-state index contributed by atoms with van der Waals surface area (Å²) in [5.41, 5.74) is 5.40. The van der Waals surface area contributed by atoms with E-state index in [0.29, 0.717) is 6.42 Å². The second-order valence-electron chi connectivity index (χ2n) is 10.3. The van der Waals surface area contributed by atoms with Crippen molar-refractivity contribution in [1.29, 1.82) is 0 Å². The average Bonchev–Trinajstić information content (AvgIpc) is 3.37. The summed E-state index contributed by atoms with van der Waals surface area (Å²) in [5, 5.41) is 27.6. The number of carbonyl (C=O) groups excluding carboxylic acids is 6. The number of likely N-dealkylation sites (tertiary alicyclic amines) is 1. The van der Waals surface area contributed by atoms with Crippen LogP contribution < -0.4 is 27.0 Å². The van der Waals surface area contributed by atoms with Crippen molar-refractivity contribution in [3.8, 4) is 0 Å². The van der Waals surface area contributed by atoms with Crippen LogP contribution in [0.1, 0.15) is 59.8 Å². The zero-order chi connectivity index (χ0) is 31.4. The van der Waals surface area contributed by atoms with Crippen LogP contribution >= 0.6 is 0 Å². The number of carboxylic acid groups (broad SMARTS) is 2. The number of carboxylic acids is 2. The lowest BCUT2D eigenvalue weighted by Crippen LogP contribution is -2.56. The molecule has 16 heteroatoms. The van der Waals surface area contributed by atoms with Crippen LogP contribution in [0.3, 0.4) is 0 Å². The van der Waals surface area contributed by atoms with Crippen LogP contribution in [0.25, 0.3) is 0 Å². The van der Waals surface area contributed by atoms with Crippen LogP contribution in [-0.2, 0) is 38.4 Å². The van der Waals surface area contributed by atoms with Crippen molar-refractivity contribution in [2.75, 3.05) is 13.1 Å². The highest BCUT2D eigenvalue weighted by molar-refractivity contribution is 6.38. The fourth-order valence-corrected chi connectivity index (χ4v) is 4.09. The molecule has 1 aliphatic rings. The maximum absolute atomic E-state index is 13.3. The van der Waals surface area contributed by atoms with Crippen LogP contribution in [0, 0.1) is 5.92 Å². The molecular weight excluding hydrogens is 544 g/mol. The van der Waals surface area contributed by atoms with Gasteiger partial charge >= 0.3 is 11.9 Å². The van der Waals surface area contributed by atoms with E-state index in [2.05, 4.69) is 21.3 Å². The number of ketones is 1. The number of hydrogen-bond acceptors (Lipinski definition) is 9. The van der Waals surface area contributed by atoms with E-state index in [1.54, 1.807) is 13.8 Å². The first-order valence-electron chi connectivity index (χ1n) is 13.3. The summed E-state index contributed by atoms with van der Waals surface area (Å²) in [6.07, 6.45) is -0.00567. The lowest BCUT2D eigenvalue weighted by Gasteiger charge is -2.29. The quantitative estimate of drug-likeness (QED) is 0.0932. The normalized spacial score (nSPS) is 17.5. The number of Topliss-reactive ketones (excluding diaryl/α,β-unsaturated/α-hetero) is 1. The average molecular weight is 585 g/mol. The van der Waals surface area contributed by atoms with Gasteiger partial charge in [0.1, 0.15) is 18.1 Å². The molecule has 0 aliphatic carbocycles. The van der Waals surface area contributed by atoms with Gasteiger partial charge in [0.25, 0.3) is 5.91 Å². The monoisotopic (exact) mass is 584 g/mol. The minimum atomic E-state index is -1.38. The fourth-order valence-electron chi connectivity index (χ4n) is 4.09. The molecule has 230 valence electrons. The molecular formula is C25H40N6O10. The molecule has 0 radical (unpaired) electrons. The minimum Gasteiger partial charge on any atom is -0.481 e. The molecule has 16 nitrogen and oxygen atoms in total. The molecule has 0 aromatic rings. The number of amides is 5. The van der Waals surface area contributed by atoms with E-state index in [1.807, 2.05) is 0 Å². The number of nitrogens with zero attached hydrogens (tertiary/aromatic N) is 1. The van der Waals surface area contributed by atoms with Crippen LogP contribution in [0.2, 0.25) is 0 Å². The van der Waals surface area contributed by atoms with Gasteiger partial charge in [0.2, 0.25) is 29.4 Å². The Bertz CT molecular complexity index is 1030. The molecule has 1 rings (SSSR count). The lowest BCUT2D eigenvalue weighted by molar-refractivity contribution is -0.145. The summed E-state index contributed by atoms with van der Waals surface area (Å²) in [7, 11) is 0. The first kappa shape index (κ1) is 34.9. The molecule has 0 saturated carbocycles. The highest BCUT2D eigenvalue weighted by Gasteiger charge is 2.39.